The Kier molecular flexibility index (Phi) is 10.5. The molecule has 50 heavy (non-hydrogen) atoms. The van der Waals surface area contributed by atoms with Crippen LogP contribution in [0.2, 0.25) is 0 Å². The van der Waals surface area contributed by atoms with Crippen molar-refractivity contribution < 1.29 is 45.3 Å². The van der Waals surface area contributed by atoms with Crippen molar-refractivity contribution in [3.8, 4) is 0 Å². The van der Waals surface area contributed by atoms with Crippen molar-refractivity contribution in [3.63, 3.8) is 0 Å². The molecule has 15 atom stereocenters. The number of carbonyl (C=O) groups is 1. The molecule has 0 aromatic carbocycles. The van der Waals surface area contributed by atoms with Crippen molar-refractivity contribution >= 4 is 5.78 Å². The number of hydrogen-bond acceptors (Lipinski definition) is 12. The number of Topliss-reactive ketones (excluding diaryl/α,β-unsaturated/α-hetero) is 1. The lowest BCUT2D eigenvalue weighted by atomic mass is 9.43. The molecule has 0 aromatic rings. The number of rotatable bonds is 11. The van der Waals surface area contributed by atoms with Crippen molar-refractivity contribution in [3.05, 3.63) is 35.2 Å². The van der Waals surface area contributed by atoms with Gasteiger partial charge in [-0.1, -0.05) is 19.9 Å². The van der Waals surface area contributed by atoms with Crippen molar-refractivity contribution in [1.29, 1.82) is 0 Å². The fourth-order valence-corrected chi connectivity index (χ4v) is 11.4. The number of ether oxygens (including phenoxy) is 1. The summed E-state index contributed by atoms with van der Waals surface area (Å²) in [6.45, 7) is 7.56. The number of nitrogens with two attached hydrogens (primary N) is 1. The summed E-state index contributed by atoms with van der Waals surface area (Å²) in [5.74, 6) is -1.72. The Labute approximate surface area is 295 Å². The highest BCUT2D eigenvalue weighted by molar-refractivity contribution is 6.00. The van der Waals surface area contributed by atoms with Crippen LogP contribution in [0.3, 0.4) is 0 Å². The second-order valence-corrected chi connectivity index (χ2v) is 17.0. The topological polar surface area (TPSA) is 218 Å². The van der Waals surface area contributed by atoms with Gasteiger partial charge in [-0.15, -0.1) is 0 Å². The molecule has 0 aromatic heterocycles. The summed E-state index contributed by atoms with van der Waals surface area (Å²) < 4.78 is 6.01. The van der Waals surface area contributed by atoms with E-state index in [-0.39, 0.29) is 74.2 Å². The van der Waals surface area contributed by atoms with E-state index < -0.39 is 64.4 Å². The Bertz CT molecular complexity index is 1380. The smallest absolute Gasteiger partial charge is 0.182 e. The highest BCUT2D eigenvalue weighted by atomic mass is 16.5. The quantitative estimate of drug-likeness (QED) is 0.144. The lowest BCUT2D eigenvalue weighted by Crippen LogP contribution is -2.66. The lowest BCUT2D eigenvalue weighted by Gasteiger charge is -2.63. The predicted molar refractivity (Wildman–Crippen MR) is 186 cm³/mol. The molecule has 0 radical (unpaired) electrons. The van der Waals surface area contributed by atoms with E-state index in [4.69, 9.17) is 10.5 Å². The highest BCUT2D eigenvalue weighted by Crippen LogP contribution is 2.71. The monoisotopic (exact) mass is 703 g/mol. The maximum Gasteiger partial charge on any atom is 0.182 e. The Morgan fingerprint density at radius 3 is 2.50 bits per heavy atom. The van der Waals surface area contributed by atoms with Gasteiger partial charge in [0.25, 0.3) is 0 Å². The van der Waals surface area contributed by atoms with Gasteiger partial charge in [-0.25, -0.2) is 0 Å². The zero-order chi connectivity index (χ0) is 36.4. The fourth-order valence-electron chi connectivity index (χ4n) is 11.4. The number of allylic oxidation sites excluding steroid dienone is 3. The van der Waals surface area contributed by atoms with Crippen LogP contribution < -0.4 is 16.4 Å². The summed E-state index contributed by atoms with van der Waals surface area (Å²) in [4.78, 5) is 14.9. The van der Waals surface area contributed by atoms with Gasteiger partial charge in [-0.3, -0.25) is 4.79 Å². The van der Waals surface area contributed by atoms with Crippen LogP contribution in [0.1, 0.15) is 85.5 Å². The number of hydrogen-bond donors (Lipinski definition) is 10. The third-order valence-electron chi connectivity index (χ3n) is 14.3. The number of carbonyl (C=O) groups excluding carboxylic acids is 1. The van der Waals surface area contributed by atoms with Crippen LogP contribution in [-0.2, 0) is 9.53 Å². The van der Waals surface area contributed by atoms with Crippen LogP contribution in [0.5, 0.6) is 0 Å². The standard InChI is InChI=1S/C38H61N3O9/c1-20-19-50-33(22(20)3)34(47)35(4,48)28-9-12-38(49)30-24(8-11-37(28,38)13-14-42)36(10-7-23-5-6-29(39)40-18-23)16-27(45)26(44)15-25(36)32(46)31(30)41-17-21(2)43/h5-6,18,20-22,24-29,33-34,40-45,47-49H,7-17,19,39H2,1-4H3/t20-,21+,22+,24+,25+,26-,27+,28-,29?,33-,34-,35-,36-,37+,38-/m1/s1. The van der Waals surface area contributed by atoms with E-state index in [9.17, 15) is 40.5 Å². The second kappa shape index (κ2) is 13.8. The third kappa shape index (κ3) is 5.91. The molecular weight excluding hydrogens is 642 g/mol. The minimum atomic E-state index is -1.69. The summed E-state index contributed by atoms with van der Waals surface area (Å²) in [6.07, 6.45) is 3.52. The van der Waals surface area contributed by atoms with E-state index in [0.29, 0.717) is 44.3 Å². The van der Waals surface area contributed by atoms with E-state index >= 15 is 0 Å². The Hall–Kier alpha value is -1.87. The van der Waals surface area contributed by atoms with Crippen molar-refractivity contribution in [1.82, 2.24) is 10.6 Å². The van der Waals surface area contributed by atoms with Gasteiger partial charge in [-0.2, -0.15) is 0 Å². The highest BCUT2D eigenvalue weighted by Gasteiger charge is 2.72. The van der Waals surface area contributed by atoms with E-state index in [2.05, 4.69) is 17.6 Å². The third-order valence-corrected chi connectivity index (χ3v) is 14.3. The minimum absolute atomic E-state index is 0.00108. The molecule has 4 fully saturated rings. The summed E-state index contributed by atoms with van der Waals surface area (Å²) in [6, 6.07) is 0. The van der Waals surface area contributed by atoms with Crippen LogP contribution in [-0.4, -0.2) is 109 Å². The fraction of sp³-hybridized carbons (Fsp3) is 0.816. The molecule has 0 bridgehead atoms. The molecule has 4 aliphatic carbocycles. The van der Waals surface area contributed by atoms with Gasteiger partial charge < -0.3 is 56.8 Å². The summed E-state index contributed by atoms with van der Waals surface area (Å²) in [5.41, 5.74) is 2.48. The number of aliphatic hydroxyl groups is 7. The molecule has 3 saturated carbocycles. The molecule has 0 amide bonds. The zero-order valence-corrected chi connectivity index (χ0v) is 30.1. The molecule has 282 valence electrons. The summed E-state index contributed by atoms with van der Waals surface area (Å²) in [5, 5.41) is 87.1. The molecular formula is C38H61N3O9. The number of aliphatic hydroxyl groups excluding tert-OH is 5. The average molecular weight is 704 g/mol. The van der Waals surface area contributed by atoms with E-state index in [1.54, 1.807) is 13.8 Å². The first-order chi connectivity index (χ1) is 23.5. The lowest BCUT2D eigenvalue weighted by molar-refractivity contribution is -0.204. The van der Waals surface area contributed by atoms with Gasteiger partial charge in [0.05, 0.1) is 47.5 Å². The molecule has 1 unspecified atom stereocenters. The molecule has 2 heterocycles. The number of nitrogens with one attached hydrogen (secondary N) is 2. The maximum absolute atomic E-state index is 14.9. The Balaban J connectivity index is 1.47. The average Bonchev–Trinajstić information content (AvgIpc) is 3.57. The molecule has 12 heteroatoms. The predicted octanol–water partition coefficient (Wildman–Crippen LogP) is 0.723. The zero-order valence-electron chi connectivity index (χ0n) is 30.1. The molecule has 0 spiro atoms. The van der Waals surface area contributed by atoms with Crippen molar-refractivity contribution in [2.24, 2.45) is 46.2 Å². The summed E-state index contributed by atoms with van der Waals surface area (Å²) in [7, 11) is 0. The first kappa shape index (κ1) is 37.9. The minimum Gasteiger partial charge on any atom is -0.396 e. The first-order valence-electron chi connectivity index (χ1n) is 18.8. The van der Waals surface area contributed by atoms with Gasteiger partial charge in [0.15, 0.2) is 5.78 Å². The van der Waals surface area contributed by atoms with Gasteiger partial charge in [0.2, 0.25) is 0 Å². The molecule has 11 N–H and O–H groups in total. The van der Waals surface area contributed by atoms with Gasteiger partial charge in [0.1, 0.15) is 6.10 Å². The molecule has 1 saturated heterocycles. The van der Waals surface area contributed by atoms with Crippen LogP contribution in [0.4, 0.5) is 0 Å². The molecule has 2 aliphatic heterocycles. The molecule has 6 rings (SSSR count). The van der Waals surface area contributed by atoms with Gasteiger partial charge >= 0.3 is 0 Å². The molecule has 6 aliphatic rings. The van der Waals surface area contributed by atoms with Crippen molar-refractivity contribution in [2.45, 2.75) is 133 Å². The van der Waals surface area contributed by atoms with E-state index in [1.165, 1.54) is 0 Å². The van der Waals surface area contributed by atoms with Gasteiger partial charge in [0, 0.05) is 37.3 Å². The number of fused-ring (bicyclic) bond motifs is 5. The SMILES string of the molecule is C[C@@H]1[C@H]([C@@H](O)[C@](C)(O)[C@H]2CC[C@@]3(O)C4=C(NC[C@H](C)O)C(=O)[C@@H]5C[C@@H](O)[C@@H](O)C[C@]5(CCC5=CNC(N)C=C5)[C@H]4CC[C@]23CCO)OC[C@H]1C. The van der Waals surface area contributed by atoms with Crippen LogP contribution >= 0.6 is 0 Å². The van der Waals surface area contributed by atoms with Crippen LogP contribution in [0.15, 0.2) is 35.2 Å². The number of ketones is 1. The van der Waals surface area contributed by atoms with E-state index in [1.807, 2.05) is 25.3 Å². The van der Waals surface area contributed by atoms with Gasteiger partial charge in [-0.05, 0) is 118 Å². The second-order valence-electron chi connectivity index (χ2n) is 17.0. The van der Waals surface area contributed by atoms with Crippen molar-refractivity contribution in [2.75, 3.05) is 19.8 Å². The Morgan fingerprint density at radius 1 is 1.14 bits per heavy atom. The number of dihydropyridines is 1. The van der Waals surface area contributed by atoms with E-state index in [0.717, 1.165) is 5.57 Å². The largest absolute Gasteiger partial charge is 0.396 e. The maximum atomic E-state index is 14.9. The van der Waals surface area contributed by atoms with Crippen LogP contribution in [0, 0.1) is 40.4 Å². The first-order valence-corrected chi connectivity index (χ1v) is 18.8. The van der Waals surface area contributed by atoms with Crippen LogP contribution in [0.25, 0.3) is 0 Å². The molecule has 12 nitrogen and oxygen atoms in total. The normalized spacial score (nSPS) is 45.2. The summed E-state index contributed by atoms with van der Waals surface area (Å²) >= 11 is 0. The Morgan fingerprint density at radius 2 is 1.88 bits per heavy atom.